The molecule has 3 aromatic rings. The summed E-state index contributed by atoms with van der Waals surface area (Å²) in [5, 5.41) is 2.76. The number of rotatable bonds is 5. The maximum absolute atomic E-state index is 12.8. The molecule has 4 nitrogen and oxygen atoms in total. The molecular formula is C18H15FN2O2. The second-order valence-electron chi connectivity index (χ2n) is 5.02. The number of nitrogens with zero attached hydrogens (tertiary/aromatic N) is 1. The number of amides is 1. The molecule has 0 radical (unpaired) electrons. The molecule has 0 spiro atoms. The van der Waals surface area contributed by atoms with Crippen LogP contribution in [-0.2, 0) is 11.2 Å². The highest BCUT2D eigenvalue weighted by atomic mass is 19.1. The number of carbonyl (C=O) groups excluding carboxylic acids is 1. The zero-order valence-electron chi connectivity index (χ0n) is 12.3. The van der Waals surface area contributed by atoms with Gasteiger partial charge in [-0.1, -0.05) is 24.3 Å². The van der Waals surface area contributed by atoms with Gasteiger partial charge in [-0.3, -0.25) is 4.79 Å². The number of hydrogen-bond acceptors (Lipinski definition) is 3. The van der Waals surface area contributed by atoms with E-state index in [0.717, 1.165) is 11.1 Å². The highest BCUT2D eigenvalue weighted by Gasteiger charge is 2.02. The molecule has 1 amide bonds. The van der Waals surface area contributed by atoms with Gasteiger partial charge in [0.25, 0.3) is 0 Å². The monoisotopic (exact) mass is 310 g/mol. The first-order chi connectivity index (χ1) is 11.2. The van der Waals surface area contributed by atoms with Crippen molar-refractivity contribution in [1.82, 2.24) is 10.3 Å². The van der Waals surface area contributed by atoms with Gasteiger partial charge in [0.15, 0.2) is 5.58 Å². The lowest BCUT2D eigenvalue weighted by atomic mass is 10.1. The third kappa shape index (κ3) is 4.03. The van der Waals surface area contributed by atoms with E-state index in [1.807, 2.05) is 24.3 Å². The Kier molecular flexibility index (Phi) is 4.47. The quantitative estimate of drug-likeness (QED) is 0.735. The molecule has 0 atom stereocenters. The first-order valence-electron chi connectivity index (χ1n) is 7.27. The second-order valence-corrected chi connectivity index (χ2v) is 5.02. The molecule has 0 fully saturated rings. The van der Waals surface area contributed by atoms with Crippen molar-refractivity contribution in [2.45, 2.75) is 6.42 Å². The standard InChI is InChI=1S/C18H15FN2O2/c19-14-7-5-13(6-8-14)11-12-20-17(22)9-10-18-21-15-3-1-2-4-16(15)23-18/h1-10H,11-12H2,(H,20,22)/b10-9+. The molecule has 1 N–H and O–H groups in total. The molecule has 2 aromatic carbocycles. The smallest absolute Gasteiger partial charge is 0.244 e. The van der Waals surface area contributed by atoms with Crippen LogP contribution in [0.15, 0.2) is 59.0 Å². The van der Waals surface area contributed by atoms with Gasteiger partial charge in [0.05, 0.1) is 0 Å². The summed E-state index contributed by atoms with van der Waals surface area (Å²) in [6.07, 6.45) is 3.56. The Morgan fingerprint density at radius 1 is 1.17 bits per heavy atom. The van der Waals surface area contributed by atoms with E-state index in [-0.39, 0.29) is 11.7 Å². The van der Waals surface area contributed by atoms with Crippen molar-refractivity contribution in [2.24, 2.45) is 0 Å². The average Bonchev–Trinajstić information content (AvgIpc) is 2.98. The number of para-hydroxylation sites is 2. The molecule has 1 aromatic heterocycles. The molecule has 0 unspecified atom stereocenters. The van der Waals surface area contributed by atoms with Crippen molar-refractivity contribution in [3.05, 3.63) is 71.9 Å². The molecule has 0 aliphatic rings. The lowest BCUT2D eigenvalue weighted by Crippen LogP contribution is -2.23. The van der Waals surface area contributed by atoms with Crippen LogP contribution in [0.4, 0.5) is 4.39 Å². The molecule has 23 heavy (non-hydrogen) atoms. The van der Waals surface area contributed by atoms with Gasteiger partial charge in [0.2, 0.25) is 11.8 Å². The normalized spacial score (nSPS) is 11.2. The van der Waals surface area contributed by atoms with E-state index in [9.17, 15) is 9.18 Å². The molecule has 0 aliphatic heterocycles. The fraction of sp³-hybridized carbons (Fsp3) is 0.111. The maximum Gasteiger partial charge on any atom is 0.244 e. The summed E-state index contributed by atoms with van der Waals surface area (Å²) in [5.74, 6) is -0.103. The molecule has 0 aliphatic carbocycles. The summed E-state index contributed by atoms with van der Waals surface area (Å²) >= 11 is 0. The predicted octanol–water partition coefficient (Wildman–Crippen LogP) is 3.34. The predicted molar refractivity (Wildman–Crippen MR) is 86.2 cm³/mol. The molecule has 0 bridgehead atoms. The maximum atomic E-state index is 12.8. The van der Waals surface area contributed by atoms with Crippen molar-refractivity contribution < 1.29 is 13.6 Å². The number of halogens is 1. The van der Waals surface area contributed by atoms with Crippen molar-refractivity contribution in [3.8, 4) is 0 Å². The van der Waals surface area contributed by atoms with E-state index >= 15 is 0 Å². The Morgan fingerprint density at radius 2 is 1.96 bits per heavy atom. The van der Waals surface area contributed by atoms with Crippen LogP contribution in [-0.4, -0.2) is 17.4 Å². The number of aromatic nitrogens is 1. The second kappa shape index (κ2) is 6.87. The van der Waals surface area contributed by atoms with E-state index in [1.165, 1.54) is 24.3 Å². The van der Waals surface area contributed by atoms with Gasteiger partial charge < -0.3 is 9.73 Å². The summed E-state index contributed by atoms with van der Waals surface area (Å²) in [6.45, 7) is 0.475. The van der Waals surface area contributed by atoms with Gasteiger partial charge in [0, 0.05) is 18.7 Å². The third-order valence-corrected chi connectivity index (χ3v) is 3.31. The molecule has 5 heteroatoms. The lowest BCUT2D eigenvalue weighted by molar-refractivity contribution is -0.116. The first-order valence-corrected chi connectivity index (χ1v) is 7.27. The Balaban J connectivity index is 1.51. The van der Waals surface area contributed by atoms with E-state index in [1.54, 1.807) is 12.1 Å². The van der Waals surface area contributed by atoms with Crippen LogP contribution in [0.5, 0.6) is 0 Å². The van der Waals surface area contributed by atoms with Crippen LogP contribution in [0, 0.1) is 5.82 Å². The number of nitrogens with one attached hydrogen (secondary N) is 1. The zero-order valence-corrected chi connectivity index (χ0v) is 12.3. The number of carbonyl (C=O) groups is 1. The summed E-state index contributed by atoms with van der Waals surface area (Å²) in [6, 6.07) is 13.6. The molecule has 3 rings (SSSR count). The lowest BCUT2D eigenvalue weighted by Gasteiger charge is -2.02. The van der Waals surface area contributed by atoms with Gasteiger partial charge >= 0.3 is 0 Å². The minimum absolute atomic E-state index is 0.227. The molecule has 1 heterocycles. The minimum atomic E-state index is -0.265. The molecule has 116 valence electrons. The minimum Gasteiger partial charge on any atom is -0.437 e. The fourth-order valence-electron chi connectivity index (χ4n) is 2.15. The van der Waals surface area contributed by atoms with Crippen LogP contribution < -0.4 is 5.32 Å². The molecular weight excluding hydrogens is 295 g/mol. The summed E-state index contributed by atoms with van der Waals surface area (Å²) in [5.41, 5.74) is 2.40. The fourth-order valence-corrected chi connectivity index (χ4v) is 2.15. The SMILES string of the molecule is O=C(/C=C/c1nc2ccccc2o1)NCCc1ccc(F)cc1. The third-order valence-electron chi connectivity index (χ3n) is 3.31. The summed E-state index contributed by atoms with van der Waals surface area (Å²) in [7, 11) is 0. The zero-order chi connectivity index (χ0) is 16.1. The van der Waals surface area contributed by atoms with Crippen LogP contribution >= 0.6 is 0 Å². The largest absolute Gasteiger partial charge is 0.437 e. The van der Waals surface area contributed by atoms with Gasteiger partial charge in [0.1, 0.15) is 11.3 Å². The molecule has 0 saturated carbocycles. The van der Waals surface area contributed by atoms with Gasteiger partial charge in [-0.25, -0.2) is 9.37 Å². The van der Waals surface area contributed by atoms with Crippen molar-refractivity contribution in [2.75, 3.05) is 6.54 Å². The highest BCUT2D eigenvalue weighted by Crippen LogP contribution is 2.15. The number of benzene rings is 2. The van der Waals surface area contributed by atoms with Crippen LogP contribution in [0.25, 0.3) is 17.2 Å². The summed E-state index contributed by atoms with van der Waals surface area (Å²) in [4.78, 5) is 16.0. The topological polar surface area (TPSA) is 55.1 Å². The van der Waals surface area contributed by atoms with E-state index in [0.29, 0.717) is 24.4 Å². The summed E-state index contributed by atoms with van der Waals surface area (Å²) < 4.78 is 18.3. The van der Waals surface area contributed by atoms with Crippen LogP contribution in [0.1, 0.15) is 11.5 Å². The highest BCUT2D eigenvalue weighted by molar-refractivity contribution is 5.91. The molecule has 0 saturated heterocycles. The van der Waals surface area contributed by atoms with Crippen molar-refractivity contribution in [3.63, 3.8) is 0 Å². The number of hydrogen-bond donors (Lipinski definition) is 1. The van der Waals surface area contributed by atoms with Crippen LogP contribution in [0.3, 0.4) is 0 Å². The van der Waals surface area contributed by atoms with E-state index < -0.39 is 0 Å². The first kappa shape index (κ1) is 15.0. The Bertz CT molecular complexity index is 805. The Hall–Kier alpha value is -2.95. The van der Waals surface area contributed by atoms with E-state index in [4.69, 9.17) is 4.42 Å². The Morgan fingerprint density at radius 3 is 2.74 bits per heavy atom. The van der Waals surface area contributed by atoms with E-state index in [2.05, 4.69) is 10.3 Å². The van der Waals surface area contributed by atoms with Crippen molar-refractivity contribution >= 4 is 23.1 Å². The van der Waals surface area contributed by atoms with Gasteiger partial charge in [-0.15, -0.1) is 0 Å². The van der Waals surface area contributed by atoms with Crippen LogP contribution in [0.2, 0.25) is 0 Å². The Labute approximate surface area is 132 Å². The van der Waals surface area contributed by atoms with Gasteiger partial charge in [-0.2, -0.15) is 0 Å². The van der Waals surface area contributed by atoms with Gasteiger partial charge in [-0.05, 0) is 36.2 Å². The number of fused-ring (bicyclic) bond motifs is 1. The average molecular weight is 310 g/mol. The number of oxazole rings is 1. The van der Waals surface area contributed by atoms with Crippen molar-refractivity contribution in [1.29, 1.82) is 0 Å².